The van der Waals surface area contributed by atoms with Crippen molar-refractivity contribution in [3.63, 3.8) is 0 Å². The summed E-state index contributed by atoms with van der Waals surface area (Å²) in [5, 5.41) is 13.1. The molecule has 0 aliphatic carbocycles. The summed E-state index contributed by atoms with van der Waals surface area (Å²) >= 11 is 12.1. The van der Waals surface area contributed by atoms with Gasteiger partial charge in [0.1, 0.15) is 11.8 Å². The van der Waals surface area contributed by atoms with Crippen molar-refractivity contribution in [1.82, 2.24) is 5.32 Å². The van der Waals surface area contributed by atoms with Crippen LogP contribution in [0.4, 0.5) is 0 Å². The van der Waals surface area contributed by atoms with E-state index in [1.165, 1.54) is 0 Å². The second-order valence-electron chi connectivity index (χ2n) is 4.75. The number of hydrogen-bond donors (Lipinski definition) is 2. The highest BCUT2D eigenvalue weighted by Crippen LogP contribution is 2.32. The third-order valence-corrected chi connectivity index (χ3v) is 3.32. The number of carbonyl (C=O) groups is 1. The summed E-state index contributed by atoms with van der Waals surface area (Å²) in [6.45, 7) is 6.35. The zero-order chi connectivity index (χ0) is 15.3. The van der Waals surface area contributed by atoms with Gasteiger partial charge in [0.25, 0.3) is 0 Å². The molecular weight excluding hydrogens is 301 g/mol. The lowest BCUT2D eigenvalue weighted by atomic mass is 10.0. The van der Waals surface area contributed by atoms with Crippen molar-refractivity contribution >= 4 is 29.2 Å². The van der Waals surface area contributed by atoms with Gasteiger partial charge in [0.2, 0.25) is 0 Å². The van der Waals surface area contributed by atoms with Gasteiger partial charge in [-0.1, -0.05) is 37.0 Å². The fourth-order valence-corrected chi connectivity index (χ4v) is 2.47. The summed E-state index contributed by atoms with van der Waals surface area (Å²) < 4.78 is 5.50. The summed E-state index contributed by atoms with van der Waals surface area (Å²) in [6, 6.07) is 2.70. The number of aliphatic carboxylic acids is 1. The van der Waals surface area contributed by atoms with Crippen LogP contribution in [0.15, 0.2) is 12.1 Å². The normalized spacial score (nSPS) is 12.5. The molecule has 0 spiro atoms. The largest absolute Gasteiger partial charge is 0.492 e. The Morgan fingerprint density at radius 1 is 1.40 bits per heavy atom. The molecule has 0 amide bonds. The van der Waals surface area contributed by atoms with E-state index >= 15 is 0 Å². The minimum absolute atomic E-state index is 0.0299. The fourth-order valence-electron chi connectivity index (χ4n) is 1.88. The molecule has 0 aliphatic rings. The summed E-state index contributed by atoms with van der Waals surface area (Å²) in [4.78, 5) is 11.2. The fraction of sp³-hybridized carbons (Fsp3) is 0.500. The average Bonchev–Trinajstić information content (AvgIpc) is 2.32. The first-order chi connectivity index (χ1) is 9.36. The highest BCUT2D eigenvalue weighted by molar-refractivity contribution is 6.35. The number of ether oxygens (including phenoxy) is 1. The summed E-state index contributed by atoms with van der Waals surface area (Å²) in [5.41, 5.74) is 0.747. The Hall–Kier alpha value is -0.970. The van der Waals surface area contributed by atoms with Gasteiger partial charge in [-0.3, -0.25) is 10.1 Å². The van der Waals surface area contributed by atoms with Crippen molar-refractivity contribution in [1.29, 1.82) is 0 Å². The SMILES string of the molecule is CCOc1c(Cl)cc(Cl)cc1CNC(C(=O)O)C(C)C. The van der Waals surface area contributed by atoms with Gasteiger partial charge in [-0.2, -0.15) is 0 Å². The van der Waals surface area contributed by atoms with E-state index in [9.17, 15) is 4.79 Å². The van der Waals surface area contributed by atoms with Crippen LogP contribution in [0.25, 0.3) is 0 Å². The van der Waals surface area contributed by atoms with E-state index in [0.717, 1.165) is 5.56 Å². The summed E-state index contributed by atoms with van der Waals surface area (Å²) in [5.74, 6) is -0.372. The number of benzene rings is 1. The maximum atomic E-state index is 11.2. The van der Waals surface area contributed by atoms with Gasteiger partial charge in [0, 0.05) is 17.1 Å². The van der Waals surface area contributed by atoms with Crippen LogP contribution in [0.2, 0.25) is 10.0 Å². The highest BCUT2D eigenvalue weighted by Gasteiger charge is 2.21. The first kappa shape index (κ1) is 17.1. The van der Waals surface area contributed by atoms with Crippen molar-refractivity contribution < 1.29 is 14.6 Å². The Morgan fingerprint density at radius 3 is 2.55 bits per heavy atom. The minimum Gasteiger partial charge on any atom is -0.492 e. The van der Waals surface area contributed by atoms with Gasteiger partial charge in [0.15, 0.2) is 0 Å². The van der Waals surface area contributed by atoms with Crippen molar-refractivity contribution in [2.75, 3.05) is 6.61 Å². The van der Waals surface area contributed by atoms with Gasteiger partial charge in [-0.05, 0) is 25.0 Å². The molecule has 1 aromatic rings. The monoisotopic (exact) mass is 319 g/mol. The van der Waals surface area contributed by atoms with Crippen LogP contribution in [0.5, 0.6) is 5.75 Å². The molecule has 0 radical (unpaired) electrons. The number of halogens is 2. The van der Waals surface area contributed by atoms with E-state index in [0.29, 0.717) is 28.9 Å². The van der Waals surface area contributed by atoms with Crippen molar-refractivity contribution in [3.05, 3.63) is 27.7 Å². The number of carboxylic acids is 1. The average molecular weight is 320 g/mol. The zero-order valence-corrected chi connectivity index (χ0v) is 13.3. The molecular formula is C14H19Cl2NO3. The van der Waals surface area contributed by atoms with Gasteiger partial charge in [0.05, 0.1) is 11.6 Å². The number of hydrogen-bond acceptors (Lipinski definition) is 3. The predicted molar refractivity (Wildman–Crippen MR) is 80.7 cm³/mol. The van der Waals surface area contributed by atoms with Crippen LogP contribution < -0.4 is 10.1 Å². The van der Waals surface area contributed by atoms with Crippen LogP contribution in [0.3, 0.4) is 0 Å². The van der Waals surface area contributed by atoms with Crippen molar-refractivity contribution in [2.24, 2.45) is 5.92 Å². The van der Waals surface area contributed by atoms with Crippen molar-refractivity contribution in [2.45, 2.75) is 33.4 Å². The van der Waals surface area contributed by atoms with Crippen LogP contribution in [-0.2, 0) is 11.3 Å². The van der Waals surface area contributed by atoms with E-state index in [1.54, 1.807) is 12.1 Å². The predicted octanol–water partition coefficient (Wildman–Crippen LogP) is 3.59. The molecule has 1 aromatic carbocycles. The van der Waals surface area contributed by atoms with Gasteiger partial charge < -0.3 is 9.84 Å². The van der Waals surface area contributed by atoms with Crippen molar-refractivity contribution in [3.8, 4) is 5.75 Å². The molecule has 4 nitrogen and oxygen atoms in total. The molecule has 0 heterocycles. The second kappa shape index (κ2) is 7.72. The highest BCUT2D eigenvalue weighted by atomic mass is 35.5. The molecule has 6 heteroatoms. The van der Waals surface area contributed by atoms with Crippen LogP contribution >= 0.6 is 23.2 Å². The standard InChI is InChI=1S/C14H19Cl2NO3/c1-4-20-13-9(5-10(15)6-11(13)16)7-17-12(8(2)3)14(18)19/h5-6,8,12,17H,4,7H2,1-3H3,(H,18,19). The number of carboxylic acid groups (broad SMARTS) is 1. The van der Waals surface area contributed by atoms with E-state index in [1.807, 2.05) is 20.8 Å². The lowest BCUT2D eigenvalue weighted by Crippen LogP contribution is -2.40. The lowest BCUT2D eigenvalue weighted by molar-refractivity contribution is -0.140. The molecule has 1 atom stereocenters. The molecule has 1 rings (SSSR count). The maximum absolute atomic E-state index is 11.2. The Labute approximate surface area is 129 Å². The molecule has 20 heavy (non-hydrogen) atoms. The smallest absolute Gasteiger partial charge is 0.320 e. The molecule has 112 valence electrons. The van der Waals surface area contributed by atoms with Crippen LogP contribution in [0.1, 0.15) is 26.3 Å². The summed E-state index contributed by atoms with van der Waals surface area (Å²) in [6.07, 6.45) is 0. The van der Waals surface area contributed by atoms with E-state index < -0.39 is 12.0 Å². The third kappa shape index (κ3) is 4.54. The molecule has 0 saturated carbocycles. The van der Waals surface area contributed by atoms with Crippen LogP contribution in [0, 0.1) is 5.92 Å². The number of nitrogens with one attached hydrogen (secondary N) is 1. The summed E-state index contributed by atoms with van der Waals surface area (Å²) in [7, 11) is 0. The molecule has 0 aromatic heterocycles. The molecule has 0 bridgehead atoms. The minimum atomic E-state index is -0.883. The second-order valence-corrected chi connectivity index (χ2v) is 5.59. The Kier molecular flexibility index (Phi) is 6.59. The Morgan fingerprint density at radius 2 is 2.05 bits per heavy atom. The molecule has 0 aliphatic heterocycles. The van der Waals surface area contributed by atoms with E-state index in [2.05, 4.69) is 5.32 Å². The first-order valence-electron chi connectivity index (χ1n) is 6.43. The molecule has 0 saturated heterocycles. The lowest BCUT2D eigenvalue weighted by Gasteiger charge is -2.19. The van der Waals surface area contributed by atoms with Crippen LogP contribution in [-0.4, -0.2) is 23.7 Å². The quantitative estimate of drug-likeness (QED) is 0.806. The maximum Gasteiger partial charge on any atom is 0.320 e. The van der Waals surface area contributed by atoms with Gasteiger partial charge in [-0.15, -0.1) is 0 Å². The first-order valence-corrected chi connectivity index (χ1v) is 7.19. The molecule has 0 fully saturated rings. The van der Waals surface area contributed by atoms with E-state index in [4.69, 9.17) is 33.0 Å². The van der Waals surface area contributed by atoms with E-state index in [-0.39, 0.29) is 5.92 Å². The zero-order valence-electron chi connectivity index (χ0n) is 11.7. The molecule has 1 unspecified atom stereocenters. The Bertz CT molecular complexity index is 478. The number of rotatable bonds is 7. The van der Waals surface area contributed by atoms with Gasteiger partial charge >= 0.3 is 5.97 Å². The molecule has 2 N–H and O–H groups in total. The third-order valence-electron chi connectivity index (χ3n) is 2.82. The van der Waals surface area contributed by atoms with Gasteiger partial charge in [-0.25, -0.2) is 0 Å². The topological polar surface area (TPSA) is 58.6 Å². The Balaban J connectivity index is 2.93.